The van der Waals surface area contributed by atoms with Gasteiger partial charge >= 0.3 is 0 Å². The van der Waals surface area contributed by atoms with Crippen molar-refractivity contribution in [3.8, 4) is 17.0 Å². The topological polar surface area (TPSA) is 61.5 Å². The van der Waals surface area contributed by atoms with Crippen molar-refractivity contribution < 1.29 is 9.53 Å². The van der Waals surface area contributed by atoms with Crippen LogP contribution in [0.2, 0.25) is 0 Å². The molecule has 1 N–H and O–H groups in total. The highest BCUT2D eigenvalue weighted by Crippen LogP contribution is 2.45. The number of aromatic amines is 1. The molecule has 0 spiro atoms. The van der Waals surface area contributed by atoms with E-state index < -0.39 is 0 Å². The van der Waals surface area contributed by atoms with Crippen LogP contribution in [0, 0.1) is 11.8 Å². The molecule has 1 amide bonds. The highest BCUT2D eigenvalue weighted by Gasteiger charge is 2.47. The van der Waals surface area contributed by atoms with Crippen molar-refractivity contribution in [2.75, 3.05) is 26.7 Å². The van der Waals surface area contributed by atoms with Gasteiger partial charge in [-0.15, -0.1) is 0 Å². The number of benzene rings is 1. The van der Waals surface area contributed by atoms with Gasteiger partial charge in [-0.1, -0.05) is 18.1 Å². The van der Waals surface area contributed by atoms with E-state index >= 15 is 0 Å². The summed E-state index contributed by atoms with van der Waals surface area (Å²) in [5, 5.41) is 7.32. The van der Waals surface area contributed by atoms with Gasteiger partial charge in [0.15, 0.2) is 0 Å². The predicted octanol–water partition coefficient (Wildman–Crippen LogP) is 4.12. The van der Waals surface area contributed by atoms with Gasteiger partial charge in [-0.2, -0.15) is 5.10 Å². The van der Waals surface area contributed by atoms with Gasteiger partial charge in [-0.05, 0) is 74.8 Å². The first-order valence-corrected chi connectivity index (χ1v) is 12.2. The molecule has 4 aliphatic rings. The first kappa shape index (κ1) is 20.0. The lowest BCUT2D eigenvalue weighted by atomic mass is 9.68. The van der Waals surface area contributed by atoms with E-state index in [-0.39, 0.29) is 11.9 Å². The first-order valence-electron chi connectivity index (χ1n) is 12.2. The largest absolute Gasteiger partial charge is 0.497 e. The third-order valence-corrected chi connectivity index (χ3v) is 8.17. The summed E-state index contributed by atoms with van der Waals surface area (Å²) < 4.78 is 5.28. The number of fused-ring (bicyclic) bond motifs is 6. The molecule has 0 radical (unpaired) electrons. The predicted molar refractivity (Wildman–Crippen MR) is 124 cm³/mol. The van der Waals surface area contributed by atoms with Crippen molar-refractivity contribution in [2.24, 2.45) is 11.8 Å². The summed E-state index contributed by atoms with van der Waals surface area (Å²) in [5.41, 5.74) is 3.94. The van der Waals surface area contributed by atoms with E-state index in [1.165, 1.54) is 37.8 Å². The highest BCUT2D eigenvalue weighted by atomic mass is 16.5. The lowest BCUT2D eigenvalue weighted by Gasteiger charge is -2.54. The van der Waals surface area contributed by atoms with Crippen molar-refractivity contribution in [1.82, 2.24) is 20.0 Å². The summed E-state index contributed by atoms with van der Waals surface area (Å²) in [6, 6.07) is 8.78. The van der Waals surface area contributed by atoms with Crippen LogP contribution in [0.5, 0.6) is 5.75 Å². The van der Waals surface area contributed by atoms with Gasteiger partial charge in [0.2, 0.25) is 0 Å². The molecular weight excluding hydrogens is 400 g/mol. The molecule has 4 heterocycles. The van der Waals surface area contributed by atoms with Crippen molar-refractivity contribution in [2.45, 2.75) is 50.6 Å². The Balaban J connectivity index is 1.31. The number of hydrogen-bond donors (Lipinski definition) is 1. The van der Waals surface area contributed by atoms with Crippen LogP contribution in [-0.4, -0.2) is 64.7 Å². The van der Waals surface area contributed by atoms with Gasteiger partial charge in [0.25, 0.3) is 5.91 Å². The quantitative estimate of drug-likeness (QED) is 0.741. The fourth-order valence-electron chi connectivity index (χ4n) is 6.78. The fourth-order valence-corrected chi connectivity index (χ4v) is 6.78. The number of ether oxygens (including phenoxy) is 1. The molecule has 6 heteroatoms. The smallest absolute Gasteiger partial charge is 0.258 e. The average Bonchev–Trinajstić information content (AvgIpc) is 3.33. The number of methoxy groups -OCH3 is 1. The van der Waals surface area contributed by atoms with E-state index in [4.69, 9.17) is 4.74 Å². The fraction of sp³-hybridized carbons (Fsp3) is 0.538. The minimum atomic E-state index is 0.111. The molecule has 4 atom stereocenters. The third-order valence-electron chi connectivity index (χ3n) is 8.17. The van der Waals surface area contributed by atoms with E-state index in [9.17, 15) is 4.79 Å². The normalized spacial score (nSPS) is 29.7. The zero-order chi connectivity index (χ0) is 21.7. The molecule has 168 valence electrons. The SMILES string of the molecule is COc1ccc(-c2[nH]ncc2C(=O)N2CCCC3=C[C@H]4C[C@@H](CN5CCCC[C@@H]45)[C@H]32)cc1. The molecule has 1 aliphatic carbocycles. The van der Waals surface area contributed by atoms with Gasteiger partial charge in [-0.3, -0.25) is 14.8 Å². The number of likely N-dealkylation sites (tertiary alicyclic amines) is 1. The molecule has 0 saturated carbocycles. The number of piperidine rings is 3. The number of carbonyl (C=O) groups excluding carboxylic acids is 1. The van der Waals surface area contributed by atoms with Gasteiger partial charge in [0.05, 0.1) is 30.6 Å². The van der Waals surface area contributed by atoms with Crippen LogP contribution in [0.25, 0.3) is 11.3 Å². The molecular formula is C26H32N4O2. The Morgan fingerprint density at radius 3 is 2.88 bits per heavy atom. The van der Waals surface area contributed by atoms with Crippen LogP contribution in [0.4, 0.5) is 0 Å². The summed E-state index contributed by atoms with van der Waals surface area (Å²) in [7, 11) is 1.66. The van der Waals surface area contributed by atoms with Gasteiger partial charge in [0, 0.05) is 24.7 Å². The maximum Gasteiger partial charge on any atom is 0.258 e. The molecule has 2 aromatic rings. The number of amides is 1. The second-order valence-corrected chi connectivity index (χ2v) is 9.89. The Labute approximate surface area is 189 Å². The Kier molecular flexibility index (Phi) is 5.05. The molecule has 3 saturated heterocycles. The van der Waals surface area contributed by atoms with Gasteiger partial charge in [-0.25, -0.2) is 0 Å². The Morgan fingerprint density at radius 2 is 2.03 bits per heavy atom. The summed E-state index contributed by atoms with van der Waals surface area (Å²) in [6.07, 6.45) is 11.7. The van der Waals surface area contributed by atoms with E-state index in [0.29, 0.717) is 17.4 Å². The molecule has 6 nitrogen and oxygen atoms in total. The average molecular weight is 433 g/mol. The minimum absolute atomic E-state index is 0.111. The Bertz CT molecular complexity index is 1030. The van der Waals surface area contributed by atoms with Crippen molar-refractivity contribution in [3.63, 3.8) is 0 Å². The second kappa shape index (κ2) is 8.07. The minimum Gasteiger partial charge on any atom is -0.497 e. The summed E-state index contributed by atoms with van der Waals surface area (Å²) in [6.45, 7) is 3.20. The standard InChI is InChI=1S/C26H32N4O2/c1-32-21-9-7-17(8-10-21)24-22(15-27-28-24)26(31)30-12-4-5-18-13-19-14-20(25(18)30)16-29-11-3-2-6-23(19)29/h7-10,13,15,19-20,23,25H,2-6,11-12,14,16H2,1H3,(H,27,28)/t19-,20-,23-,25-/m0/s1. The van der Waals surface area contributed by atoms with Crippen molar-refractivity contribution in [1.29, 1.82) is 0 Å². The maximum absolute atomic E-state index is 13.9. The van der Waals surface area contributed by atoms with E-state index in [1.807, 2.05) is 24.3 Å². The van der Waals surface area contributed by atoms with Gasteiger partial charge in [0.1, 0.15) is 5.75 Å². The van der Waals surface area contributed by atoms with Crippen LogP contribution in [0.1, 0.15) is 48.9 Å². The van der Waals surface area contributed by atoms with Crippen LogP contribution in [0.15, 0.2) is 42.1 Å². The second-order valence-electron chi connectivity index (χ2n) is 9.89. The number of aromatic nitrogens is 2. The van der Waals surface area contributed by atoms with Crippen molar-refractivity contribution in [3.05, 3.63) is 47.7 Å². The Hall–Kier alpha value is -2.60. The van der Waals surface area contributed by atoms with E-state index in [2.05, 4.69) is 26.1 Å². The van der Waals surface area contributed by atoms with Gasteiger partial charge < -0.3 is 9.64 Å². The summed E-state index contributed by atoms with van der Waals surface area (Å²) >= 11 is 0. The van der Waals surface area contributed by atoms with E-state index in [0.717, 1.165) is 49.0 Å². The molecule has 0 unspecified atom stereocenters. The van der Waals surface area contributed by atoms with Crippen LogP contribution >= 0.6 is 0 Å². The van der Waals surface area contributed by atoms with Crippen LogP contribution < -0.4 is 4.74 Å². The molecule has 6 rings (SSSR count). The van der Waals surface area contributed by atoms with Crippen molar-refractivity contribution >= 4 is 5.91 Å². The molecule has 2 bridgehead atoms. The highest BCUT2D eigenvalue weighted by molar-refractivity contribution is 6.00. The molecule has 1 aromatic heterocycles. The number of carbonyl (C=O) groups is 1. The molecule has 3 fully saturated rings. The molecule has 1 aromatic carbocycles. The zero-order valence-corrected chi connectivity index (χ0v) is 18.8. The lowest BCUT2D eigenvalue weighted by Crippen LogP contribution is -2.60. The Morgan fingerprint density at radius 1 is 1.16 bits per heavy atom. The lowest BCUT2D eigenvalue weighted by molar-refractivity contribution is 0.00150. The maximum atomic E-state index is 13.9. The first-order chi connectivity index (χ1) is 15.7. The number of nitrogens with zero attached hydrogens (tertiary/aromatic N) is 3. The van der Waals surface area contributed by atoms with Crippen LogP contribution in [0.3, 0.4) is 0 Å². The molecule has 3 aliphatic heterocycles. The monoisotopic (exact) mass is 432 g/mol. The van der Waals surface area contributed by atoms with Crippen LogP contribution in [-0.2, 0) is 0 Å². The summed E-state index contributed by atoms with van der Waals surface area (Å²) in [4.78, 5) is 18.8. The third kappa shape index (κ3) is 3.27. The van der Waals surface area contributed by atoms with E-state index in [1.54, 1.807) is 13.3 Å². The number of H-pyrrole nitrogens is 1. The number of hydrogen-bond acceptors (Lipinski definition) is 4. The summed E-state index contributed by atoms with van der Waals surface area (Å²) in [5.74, 6) is 2.14. The zero-order valence-electron chi connectivity index (χ0n) is 18.8. The molecule has 32 heavy (non-hydrogen) atoms. The number of rotatable bonds is 3. The number of nitrogens with one attached hydrogen (secondary N) is 1.